The summed E-state index contributed by atoms with van der Waals surface area (Å²) in [4.78, 5) is 12.2. The highest BCUT2D eigenvalue weighted by Gasteiger charge is 2.09. The number of carbonyl (C=O) groups is 1. The fraction of sp³-hybridized carbons (Fsp3) is 0.273. The van der Waals surface area contributed by atoms with Gasteiger partial charge in [-0.25, -0.2) is 0 Å². The van der Waals surface area contributed by atoms with Crippen LogP contribution in [0.3, 0.4) is 0 Å². The molecule has 5 nitrogen and oxygen atoms in total. The van der Waals surface area contributed by atoms with Gasteiger partial charge in [0.1, 0.15) is 17.4 Å². The van der Waals surface area contributed by atoms with Crippen LogP contribution < -0.4 is 15.4 Å². The first-order chi connectivity index (χ1) is 12.9. The molecule has 0 spiro atoms. The lowest BCUT2D eigenvalue weighted by Crippen LogP contribution is -2.27. The first kappa shape index (κ1) is 20.1. The monoisotopic (exact) mass is 363 g/mol. The average Bonchev–Trinajstić information content (AvgIpc) is 2.64. The van der Waals surface area contributed by atoms with E-state index in [1.165, 1.54) is 11.8 Å². The number of rotatable bonds is 7. The largest absolute Gasteiger partial charge is 0.497 e. The zero-order chi connectivity index (χ0) is 19.8. The van der Waals surface area contributed by atoms with Gasteiger partial charge in [0.15, 0.2) is 0 Å². The molecule has 0 bridgehead atoms. The van der Waals surface area contributed by atoms with Crippen molar-refractivity contribution in [3.63, 3.8) is 0 Å². The summed E-state index contributed by atoms with van der Waals surface area (Å²) in [5.41, 5.74) is 5.37. The highest BCUT2D eigenvalue weighted by molar-refractivity contribution is 5.97. The number of hydrogen-bond donors (Lipinski definition) is 2. The van der Waals surface area contributed by atoms with Gasteiger partial charge in [-0.05, 0) is 56.0 Å². The maximum atomic E-state index is 12.2. The number of nitrogens with zero attached hydrogens (tertiary/aromatic N) is 1. The number of anilines is 1. The van der Waals surface area contributed by atoms with E-state index in [9.17, 15) is 10.1 Å². The molecule has 0 aliphatic carbocycles. The molecular weight excluding hydrogens is 338 g/mol. The Kier molecular flexibility index (Phi) is 7.01. The predicted molar refractivity (Wildman–Crippen MR) is 108 cm³/mol. The fourth-order valence-corrected chi connectivity index (χ4v) is 2.91. The van der Waals surface area contributed by atoms with Crippen molar-refractivity contribution in [3.8, 4) is 11.8 Å². The second-order valence-corrected chi connectivity index (χ2v) is 6.44. The normalized spacial score (nSPS) is 10.9. The van der Waals surface area contributed by atoms with Gasteiger partial charge in [0, 0.05) is 18.4 Å². The number of aryl methyl sites for hydroxylation is 3. The molecule has 0 radical (unpaired) electrons. The Morgan fingerprint density at radius 2 is 1.78 bits per heavy atom. The minimum absolute atomic E-state index is 0.0455. The number of benzene rings is 2. The molecule has 0 aromatic heterocycles. The molecule has 0 heterocycles. The van der Waals surface area contributed by atoms with Crippen molar-refractivity contribution in [3.05, 3.63) is 70.4 Å². The number of nitriles is 1. The smallest absolute Gasteiger partial charge is 0.263 e. The Balaban J connectivity index is 1.95. The highest BCUT2D eigenvalue weighted by Crippen LogP contribution is 2.22. The Morgan fingerprint density at radius 3 is 2.33 bits per heavy atom. The van der Waals surface area contributed by atoms with E-state index in [1.807, 2.05) is 51.1 Å². The summed E-state index contributed by atoms with van der Waals surface area (Å²) < 4.78 is 5.12. The van der Waals surface area contributed by atoms with Crippen LogP contribution in [0.1, 0.15) is 22.3 Å². The summed E-state index contributed by atoms with van der Waals surface area (Å²) in [6, 6.07) is 13.8. The van der Waals surface area contributed by atoms with Crippen molar-refractivity contribution in [2.45, 2.75) is 27.2 Å². The molecule has 27 heavy (non-hydrogen) atoms. The lowest BCUT2D eigenvalue weighted by atomic mass is 10.1. The average molecular weight is 363 g/mol. The van der Waals surface area contributed by atoms with E-state index in [4.69, 9.17) is 4.74 Å². The summed E-state index contributed by atoms with van der Waals surface area (Å²) in [5.74, 6) is 0.409. The van der Waals surface area contributed by atoms with E-state index < -0.39 is 0 Å². The van der Waals surface area contributed by atoms with Crippen LogP contribution in [-0.4, -0.2) is 19.6 Å². The van der Waals surface area contributed by atoms with E-state index in [0.29, 0.717) is 13.0 Å². The van der Waals surface area contributed by atoms with Crippen molar-refractivity contribution in [1.29, 1.82) is 5.26 Å². The third-order valence-electron chi connectivity index (χ3n) is 4.26. The van der Waals surface area contributed by atoms with Gasteiger partial charge in [-0.2, -0.15) is 5.26 Å². The highest BCUT2D eigenvalue weighted by atomic mass is 16.5. The van der Waals surface area contributed by atoms with Gasteiger partial charge in [-0.1, -0.05) is 29.8 Å². The van der Waals surface area contributed by atoms with Crippen molar-refractivity contribution < 1.29 is 9.53 Å². The number of hydrogen-bond acceptors (Lipinski definition) is 4. The van der Waals surface area contributed by atoms with Crippen LogP contribution in [0.5, 0.6) is 5.75 Å². The maximum absolute atomic E-state index is 12.2. The van der Waals surface area contributed by atoms with Crippen molar-refractivity contribution in [2.75, 3.05) is 19.0 Å². The SMILES string of the molecule is COc1ccc(CCNC(=O)/C(C#N)=C\Nc2c(C)cc(C)cc2C)cc1. The third kappa shape index (κ3) is 5.61. The van der Waals surface area contributed by atoms with Gasteiger partial charge < -0.3 is 15.4 Å². The van der Waals surface area contributed by atoms with Gasteiger partial charge in [0.25, 0.3) is 5.91 Å². The molecule has 0 aliphatic rings. The van der Waals surface area contributed by atoms with Crippen LogP contribution in [0.4, 0.5) is 5.69 Å². The molecule has 0 saturated carbocycles. The third-order valence-corrected chi connectivity index (χ3v) is 4.26. The zero-order valence-electron chi connectivity index (χ0n) is 16.2. The minimum atomic E-state index is -0.388. The molecule has 2 rings (SSSR count). The van der Waals surface area contributed by atoms with Crippen molar-refractivity contribution in [2.24, 2.45) is 0 Å². The van der Waals surface area contributed by atoms with Crippen LogP contribution in [-0.2, 0) is 11.2 Å². The number of methoxy groups -OCH3 is 1. The molecule has 1 amide bonds. The van der Waals surface area contributed by atoms with Gasteiger partial charge in [-0.15, -0.1) is 0 Å². The first-order valence-corrected chi connectivity index (χ1v) is 8.80. The Morgan fingerprint density at radius 1 is 1.15 bits per heavy atom. The summed E-state index contributed by atoms with van der Waals surface area (Å²) in [6.07, 6.45) is 2.14. The maximum Gasteiger partial charge on any atom is 0.263 e. The predicted octanol–water partition coefficient (Wildman–Crippen LogP) is 3.80. The summed E-state index contributed by atoms with van der Waals surface area (Å²) in [7, 11) is 1.62. The lowest BCUT2D eigenvalue weighted by molar-refractivity contribution is -0.117. The van der Waals surface area contributed by atoms with Gasteiger partial charge in [0.05, 0.1) is 7.11 Å². The molecule has 0 atom stereocenters. The number of nitrogens with one attached hydrogen (secondary N) is 2. The van der Waals surface area contributed by atoms with E-state index >= 15 is 0 Å². The first-order valence-electron chi connectivity index (χ1n) is 8.80. The molecule has 0 aliphatic heterocycles. The zero-order valence-corrected chi connectivity index (χ0v) is 16.2. The lowest BCUT2D eigenvalue weighted by Gasteiger charge is -2.11. The molecule has 0 fully saturated rings. The number of amides is 1. The second kappa shape index (κ2) is 9.44. The van der Waals surface area contributed by atoms with Gasteiger partial charge >= 0.3 is 0 Å². The molecule has 0 unspecified atom stereocenters. The van der Waals surface area contributed by atoms with Gasteiger partial charge in [-0.3, -0.25) is 4.79 Å². The van der Waals surface area contributed by atoms with Crippen LogP contribution in [0.25, 0.3) is 0 Å². The van der Waals surface area contributed by atoms with Crippen LogP contribution in [0.15, 0.2) is 48.2 Å². The minimum Gasteiger partial charge on any atom is -0.497 e. The van der Waals surface area contributed by atoms with Crippen LogP contribution >= 0.6 is 0 Å². The summed E-state index contributed by atoms with van der Waals surface area (Å²) in [5, 5.41) is 15.2. The molecular formula is C22H25N3O2. The Bertz CT molecular complexity index is 854. The van der Waals surface area contributed by atoms with E-state index in [0.717, 1.165) is 28.1 Å². The molecule has 5 heteroatoms. The van der Waals surface area contributed by atoms with Gasteiger partial charge in [0.2, 0.25) is 0 Å². The molecule has 0 saturated heterocycles. The number of ether oxygens (including phenoxy) is 1. The van der Waals surface area contributed by atoms with E-state index in [2.05, 4.69) is 22.8 Å². The van der Waals surface area contributed by atoms with Crippen molar-refractivity contribution in [1.82, 2.24) is 5.32 Å². The molecule has 2 N–H and O–H groups in total. The van der Waals surface area contributed by atoms with Crippen molar-refractivity contribution >= 4 is 11.6 Å². The van der Waals surface area contributed by atoms with E-state index in [1.54, 1.807) is 7.11 Å². The summed E-state index contributed by atoms with van der Waals surface area (Å²) in [6.45, 7) is 6.48. The van der Waals surface area contributed by atoms with Crippen LogP contribution in [0.2, 0.25) is 0 Å². The summed E-state index contributed by atoms with van der Waals surface area (Å²) >= 11 is 0. The second-order valence-electron chi connectivity index (χ2n) is 6.44. The van der Waals surface area contributed by atoms with E-state index in [-0.39, 0.29) is 11.5 Å². The fourth-order valence-electron chi connectivity index (χ4n) is 2.91. The quantitative estimate of drug-likeness (QED) is 0.580. The van der Waals surface area contributed by atoms with Crippen LogP contribution in [0, 0.1) is 32.1 Å². The molecule has 2 aromatic carbocycles. The Labute approximate surface area is 160 Å². The standard InChI is InChI=1S/C22H25N3O2/c1-15-11-16(2)21(17(3)12-15)25-14-19(13-23)22(26)24-10-9-18-5-7-20(27-4)8-6-18/h5-8,11-12,14,25H,9-10H2,1-4H3,(H,24,26)/b19-14-. The number of carbonyl (C=O) groups excluding carboxylic acids is 1. The molecule has 2 aromatic rings. The topological polar surface area (TPSA) is 74.1 Å². The molecule has 140 valence electrons. The Hall–Kier alpha value is -3.26.